The van der Waals surface area contributed by atoms with Crippen molar-refractivity contribution in [1.82, 2.24) is 15.2 Å². The number of ether oxygens (including phenoxy) is 1. The number of aliphatic hydroxyl groups is 1. The Bertz CT molecular complexity index is 1020. The summed E-state index contributed by atoms with van der Waals surface area (Å²) in [7, 11) is 1.62. The second-order valence-electron chi connectivity index (χ2n) is 7.81. The molecule has 4 rings (SSSR count). The summed E-state index contributed by atoms with van der Waals surface area (Å²) in [5.74, 6) is 0.774. The summed E-state index contributed by atoms with van der Waals surface area (Å²) in [5.41, 5.74) is 2.88. The molecule has 0 unspecified atom stereocenters. The van der Waals surface area contributed by atoms with E-state index in [0.717, 1.165) is 27.9 Å². The Hall–Kier alpha value is -2.96. The minimum Gasteiger partial charge on any atom is -0.496 e. The molecular weight excluding hydrogens is 378 g/mol. The minimum absolute atomic E-state index is 0.0578. The molecule has 30 heavy (non-hydrogen) atoms. The van der Waals surface area contributed by atoms with Gasteiger partial charge < -0.3 is 15.2 Å². The van der Waals surface area contributed by atoms with Crippen molar-refractivity contribution in [2.75, 3.05) is 26.7 Å². The molecule has 2 heterocycles. The highest BCUT2D eigenvalue weighted by molar-refractivity contribution is 5.78. The van der Waals surface area contributed by atoms with Crippen LogP contribution >= 0.6 is 0 Å². The molecule has 1 fully saturated rings. The number of aliphatic hydroxyl groups excluding tert-OH is 1. The van der Waals surface area contributed by atoms with E-state index >= 15 is 0 Å². The first-order valence-corrected chi connectivity index (χ1v) is 10.3. The van der Waals surface area contributed by atoms with E-state index in [4.69, 9.17) is 9.72 Å². The number of rotatable bonds is 7. The van der Waals surface area contributed by atoms with E-state index in [2.05, 4.69) is 11.4 Å². The van der Waals surface area contributed by atoms with Gasteiger partial charge in [0.05, 0.1) is 25.3 Å². The van der Waals surface area contributed by atoms with E-state index in [-0.39, 0.29) is 18.4 Å². The highest BCUT2D eigenvalue weighted by Crippen LogP contribution is 2.22. The molecule has 2 aromatic carbocycles. The van der Waals surface area contributed by atoms with Crippen molar-refractivity contribution >= 4 is 16.8 Å². The number of β-amino-alcohol motifs (C(OH)–C–C–N with tert-alkyl or cyclic N) is 1. The molecule has 156 valence electrons. The Morgan fingerprint density at radius 1 is 1.13 bits per heavy atom. The summed E-state index contributed by atoms with van der Waals surface area (Å²) >= 11 is 0. The van der Waals surface area contributed by atoms with Crippen LogP contribution < -0.4 is 10.1 Å². The van der Waals surface area contributed by atoms with Crippen LogP contribution in [0.4, 0.5) is 0 Å². The first kappa shape index (κ1) is 20.3. The molecule has 0 radical (unpaired) electrons. The quantitative estimate of drug-likeness (QED) is 0.631. The van der Waals surface area contributed by atoms with Gasteiger partial charge >= 0.3 is 0 Å². The summed E-state index contributed by atoms with van der Waals surface area (Å²) in [4.78, 5) is 19.1. The highest BCUT2D eigenvalue weighted by Gasteiger charge is 2.32. The monoisotopic (exact) mass is 405 g/mol. The van der Waals surface area contributed by atoms with Gasteiger partial charge in [-0.2, -0.15) is 0 Å². The van der Waals surface area contributed by atoms with Gasteiger partial charge in [-0.15, -0.1) is 0 Å². The molecule has 6 nitrogen and oxygen atoms in total. The van der Waals surface area contributed by atoms with Gasteiger partial charge in [0.1, 0.15) is 5.75 Å². The Labute approximate surface area is 176 Å². The third-order valence-electron chi connectivity index (χ3n) is 5.65. The number of fused-ring (bicyclic) bond motifs is 1. The van der Waals surface area contributed by atoms with Gasteiger partial charge in [-0.1, -0.05) is 42.5 Å². The lowest BCUT2D eigenvalue weighted by Crippen LogP contribution is -2.36. The largest absolute Gasteiger partial charge is 0.496 e. The third kappa shape index (κ3) is 4.78. The number of hydrogen-bond acceptors (Lipinski definition) is 5. The van der Waals surface area contributed by atoms with Gasteiger partial charge in [0, 0.05) is 42.2 Å². The number of para-hydroxylation sites is 2. The number of nitrogens with zero attached hydrogens (tertiary/aromatic N) is 2. The second-order valence-corrected chi connectivity index (χ2v) is 7.81. The zero-order valence-electron chi connectivity index (χ0n) is 17.1. The zero-order chi connectivity index (χ0) is 20.9. The predicted octanol–water partition coefficient (Wildman–Crippen LogP) is 2.40. The van der Waals surface area contributed by atoms with Crippen molar-refractivity contribution in [3.05, 3.63) is 71.9 Å². The summed E-state index contributed by atoms with van der Waals surface area (Å²) in [6, 6.07) is 19.8. The van der Waals surface area contributed by atoms with Gasteiger partial charge in [0.15, 0.2) is 0 Å². The molecular formula is C24H27N3O3. The lowest BCUT2D eigenvalue weighted by atomic mass is 9.99. The van der Waals surface area contributed by atoms with Crippen molar-refractivity contribution in [3.63, 3.8) is 0 Å². The number of methoxy groups -OCH3 is 1. The number of nitrogens with one attached hydrogen (secondary N) is 1. The van der Waals surface area contributed by atoms with E-state index in [0.29, 0.717) is 26.1 Å². The first-order chi connectivity index (χ1) is 14.6. The van der Waals surface area contributed by atoms with Crippen molar-refractivity contribution in [2.24, 2.45) is 5.92 Å². The van der Waals surface area contributed by atoms with Crippen LogP contribution in [0.15, 0.2) is 60.7 Å². The third-order valence-corrected chi connectivity index (χ3v) is 5.65. The van der Waals surface area contributed by atoms with Gasteiger partial charge in [-0.3, -0.25) is 14.7 Å². The molecule has 0 aliphatic carbocycles. The van der Waals surface area contributed by atoms with Crippen molar-refractivity contribution in [2.45, 2.75) is 19.1 Å². The Morgan fingerprint density at radius 3 is 2.80 bits per heavy atom. The fraction of sp³-hybridized carbons (Fsp3) is 0.333. The van der Waals surface area contributed by atoms with E-state index in [1.54, 1.807) is 7.11 Å². The lowest BCUT2D eigenvalue weighted by molar-refractivity contribution is -0.122. The topological polar surface area (TPSA) is 74.7 Å². The predicted molar refractivity (Wildman–Crippen MR) is 116 cm³/mol. The number of amides is 1. The van der Waals surface area contributed by atoms with Gasteiger partial charge in [0.25, 0.3) is 0 Å². The van der Waals surface area contributed by atoms with Crippen LogP contribution in [0.2, 0.25) is 0 Å². The molecule has 1 saturated heterocycles. The molecule has 1 aromatic heterocycles. The summed E-state index contributed by atoms with van der Waals surface area (Å²) in [6.45, 7) is 1.87. The summed E-state index contributed by atoms with van der Waals surface area (Å²) in [6.07, 6.45) is 0.242. The normalized spacial score (nSPS) is 19.1. The maximum absolute atomic E-state index is 12.4. The SMILES string of the molecule is COc1ccccc1CNC(=O)CN1C[C@@H](Cc2ccc3ccccc3n2)[C@H](O)C1. The van der Waals surface area contributed by atoms with Crippen molar-refractivity contribution in [3.8, 4) is 5.75 Å². The van der Waals surface area contributed by atoms with Crippen LogP contribution in [0, 0.1) is 5.92 Å². The van der Waals surface area contributed by atoms with Gasteiger partial charge in [-0.25, -0.2) is 0 Å². The number of likely N-dealkylation sites (tertiary alicyclic amines) is 1. The van der Waals surface area contributed by atoms with E-state index in [1.807, 2.05) is 59.5 Å². The fourth-order valence-electron chi connectivity index (χ4n) is 4.06. The molecule has 0 saturated carbocycles. The Balaban J connectivity index is 1.30. The van der Waals surface area contributed by atoms with Crippen LogP contribution in [0.25, 0.3) is 10.9 Å². The highest BCUT2D eigenvalue weighted by atomic mass is 16.5. The summed E-state index contributed by atoms with van der Waals surface area (Å²) in [5, 5.41) is 14.6. The van der Waals surface area contributed by atoms with Crippen molar-refractivity contribution in [1.29, 1.82) is 0 Å². The lowest BCUT2D eigenvalue weighted by Gasteiger charge is -2.16. The summed E-state index contributed by atoms with van der Waals surface area (Å²) < 4.78 is 5.32. The number of pyridine rings is 1. The smallest absolute Gasteiger partial charge is 0.234 e. The van der Waals surface area contributed by atoms with Gasteiger partial charge in [0.2, 0.25) is 5.91 Å². The van der Waals surface area contributed by atoms with Crippen LogP contribution in [0.5, 0.6) is 5.75 Å². The van der Waals surface area contributed by atoms with Crippen LogP contribution in [-0.4, -0.2) is 53.7 Å². The van der Waals surface area contributed by atoms with E-state index in [9.17, 15) is 9.90 Å². The molecule has 2 atom stereocenters. The van der Waals surface area contributed by atoms with Crippen LogP contribution in [-0.2, 0) is 17.8 Å². The van der Waals surface area contributed by atoms with E-state index in [1.165, 1.54) is 0 Å². The molecule has 2 N–H and O–H groups in total. The zero-order valence-corrected chi connectivity index (χ0v) is 17.1. The number of carbonyl (C=O) groups excluding carboxylic acids is 1. The standard InChI is InChI=1S/C24H27N3O3/c1-30-23-9-5-3-7-18(23)13-25-24(29)16-27-14-19(22(28)15-27)12-20-11-10-17-6-2-4-8-21(17)26-20/h2-11,19,22,28H,12-16H2,1H3,(H,25,29)/t19-,22-/m1/s1. The van der Waals surface area contributed by atoms with Crippen molar-refractivity contribution < 1.29 is 14.6 Å². The molecule has 1 aliphatic rings. The number of hydrogen-bond donors (Lipinski definition) is 2. The average molecular weight is 405 g/mol. The van der Waals surface area contributed by atoms with Crippen LogP contribution in [0.3, 0.4) is 0 Å². The molecule has 0 bridgehead atoms. The Morgan fingerprint density at radius 2 is 1.93 bits per heavy atom. The fourth-order valence-corrected chi connectivity index (χ4v) is 4.06. The van der Waals surface area contributed by atoms with Gasteiger partial charge in [-0.05, 0) is 24.6 Å². The van der Waals surface area contributed by atoms with E-state index < -0.39 is 6.10 Å². The maximum atomic E-state index is 12.4. The molecule has 0 spiro atoms. The maximum Gasteiger partial charge on any atom is 0.234 e. The number of carbonyl (C=O) groups is 1. The second kappa shape index (κ2) is 9.24. The first-order valence-electron chi connectivity index (χ1n) is 10.3. The molecule has 6 heteroatoms. The molecule has 3 aromatic rings. The average Bonchev–Trinajstić information content (AvgIpc) is 3.10. The number of benzene rings is 2. The number of aromatic nitrogens is 1. The Kier molecular flexibility index (Phi) is 6.26. The minimum atomic E-state index is -0.458. The molecule has 1 amide bonds. The van der Waals surface area contributed by atoms with Crippen LogP contribution in [0.1, 0.15) is 11.3 Å². The molecule has 1 aliphatic heterocycles.